The van der Waals surface area contributed by atoms with Crippen LogP contribution in [0, 0.1) is 6.92 Å². The summed E-state index contributed by atoms with van der Waals surface area (Å²) in [5.74, 6) is -0.162. The summed E-state index contributed by atoms with van der Waals surface area (Å²) in [5, 5.41) is 2.91. The normalized spacial score (nSPS) is 11.0. The Labute approximate surface area is 161 Å². The van der Waals surface area contributed by atoms with Crippen molar-refractivity contribution in [3.05, 3.63) is 65.2 Å². The number of nitrogens with zero attached hydrogens (tertiary/aromatic N) is 1. The van der Waals surface area contributed by atoms with Crippen molar-refractivity contribution in [2.45, 2.75) is 46.8 Å². The van der Waals surface area contributed by atoms with Crippen LogP contribution in [0.2, 0.25) is 0 Å². The van der Waals surface area contributed by atoms with Crippen molar-refractivity contribution < 1.29 is 14.3 Å². The summed E-state index contributed by atoms with van der Waals surface area (Å²) in [6.45, 7) is 10.4. The van der Waals surface area contributed by atoms with Gasteiger partial charge in [0, 0.05) is 24.3 Å². The summed E-state index contributed by atoms with van der Waals surface area (Å²) in [6, 6.07) is 14.8. The first-order valence-corrected chi connectivity index (χ1v) is 9.13. The summed E-state index contributed by atoms with van der Waals surface area (Å²) < 4.78 is 5.47. The topological polar surface area (TPSA) is 58.6 Å². The lowest BCUT2D eigenvalue weighted by Crippen LogP contribution is -2.36. The van der Waals surface area contributed by atoms with E-state index in [2.05, 4.69) is 5.32 Å². The number of rotatable bonds is 5. The molecule has 1 N–H and O–H groups in total. The van der Waals surface area contributed by atoms with Crippen molar-refractivity contribution in [1.82, 2.24) is 4.90 Å². The zero-order chi connectivity index (χ0) is 20.0. The van der Waals surface area contributed by atoms with Gasteiger partial charge in [-0.1, -0.05) is 24.3 Å². The second-order valence-electron chi connectivity index (χ2n) is 7.46. The van der Waals surface area contributed by atoms with Gasteiger partial charge in [-0.05, 0) is 70.0 Å². The summed E-state index contributed by atoms with van der Waals surface area (Å²) >= 11 is 0. The average molecular weight is 368 g/mol. The third kappa shape index (κ3) is 6.13. The van der Waals surface area contributed by atoms with Crippen molar-refractivity contribution in [3.63, 3.8) is 0 Å². The average Bonchev–Trinajstić information content (AvgIpc) is 2.61. The molecule has 0 saturated heterocycles. The standard InChI is InChI=1S/C22H28N2O3/c1-6-24(21(26)27-22(3,4)5)15-18-14-19(13-12-16(18)2)23-20(25)17-10-8-7-9-11-17/h7-14H,6,15H2,1-5H3,(H,23,25). The van der Waals surface area contributed by atoms with Crippen molar-refractivity contribution in [1.29, 1.82) is 0 Å². The molecule has 2 aromatic carbocycles. The Hall–Kier alpha value is -2.82. The van der Waals surface area contributed by atoms with E-state index in [1.165, 1.54) is 0 Å². The molecule has 0 atom stereocenters. The summed E-state index contributed by atoms with van der Waals surface area (Å²) in [4.78, 5) is 26.4. The third-order valence-corrected chi connectivity index (χ3v) is 4.04. The van der Waals surface area contributed by atoms with Crippen LogP contribution < -0.4 is 5.32 Å². The number of carbonyl (C=O) groups is 2. The number of hydrogen-bond acceptors (Lipinski definition) is 3. The van der Waals surface area contributed by atoms with Gasteiger partial charge < -0.3 is 15.0 Å². The fraction of sp³-hybridized carbons (Fsp3) is 0.364. The van der Waals surface area contributed by atoms with Crippen molar-refractivity contribution >= 4 is 17.7 Å². The molecule has 0 radical (unpaired) electrons. The molecule has 5 heteroatoms. The fourth-order valence-corrected chi connectivity index (χ4v) is 2.55. The number of nitrogens with one attached hydrogen (secondary N) is 1. The first-order valence-electron chi connectivity index (χ1n) is 9.13. The largest absolute Gasteiger partial charge is 0.444 e. The fourth-order valence-electron chi connectivity index (χ4n) is 2.55. The summed E-state index contributed by atoms with van der Waals surface area (Å²) in [7, 11) is 0. The van der Waals surface area contributed by atoms with Crippen LogP contribution in [-0.4, -0.2) is 29.0 Å². The Balaban J connectivity index is 2.14. The van der Waals surface area contributed by atoms with E-state index < -0.39 is 5.60 Å². The molecule has 0 aliphatic heterocycles. The van der Waals surface area contributed by atoms with Crippen LogP contribution in [-0.2, 0) is 11.3 Å². The van der Waals surface area contributed by atoms with Crippen LogP contribution in [0.25, 0.3) is 0 Å². The van der Waals surface area contributed by atoms with Crippen molar-refractivity contribution in [2.75, 3.05) is 11.9 Å². The molecule has 2 rings (SSSR count). The Kier molecular flexibility index (Phi) is 6.61. The molecule has 5 nitrogen and oxygen atoms in total. The predicted molar refractivity (Wildman–Crippen MR) is 108 cm³/mol. The molecule has 0 unspecified atom stereocenters. The van der Waals surface area contributed by atoms with E-state index in [1.807, 2.05) is 71.0 Å². The molecule has 0 bridgehead atoms. The molecule has 0 heterocycles. The van der Waals surface area contributed by atoms with Crippen LogP contribution >= 0.6 is 0 Å². The first-order chi connectivity index (χ1) is 12.7. The molecule has 144 valence electrons. The van der Waals surface area contributed by atoms with Gasteiger partial charge in [0.15, 0.2) is 0 Å². The number of amides is 2. The number of aryl methyl sites for hydroxylation is 1. The summed E-state index contributed by atoms with van der Waals surface area (Å²) in [6.07, 6.45) is -0.344. The van der Waals surface area contributed by atoms with Gasteiger partial charge in [0.2, 0.25) is 0 Å². The molecule has 0 aliphatic carbocycles. The predicted octanol–water partition coefficient (Wildman–Crippen LogP) is 5.00. The number of carbonyl (C=O) groups excluding carboxylic acids is 2. The maximum Gasteiger partial charge on any atom is 0.410 e. The molecule has 27 heavy (non-hydrogen) atoms. The minimum absolute atomic E-state index is 0.162. The minimum atomic E-state index is -0.537. The van der Waals surface area contributed by atoms with E-state index in [-0.39, 0.29) is 12.0 Å². The minimum Gasteiger partial charge on any atom is -0.444 e. The Morgan fingerprint density at radius 2 is 1.74 bits per heavy atom. The van der Waals surface area contributed by atoms with E-state index >= 15 is 0 Å². The quantitative estimate of drug-likeness (QED) is 0.807. The zero-order valence-electron chi connectivity index (χ0n) is 16.7. The third-order valence-electron chi connectivity index (χ3n) is 4.04. The van der Waals surface area contributed by atoms with E-state index in [4.69, 9.17) is 4.74 Å². The van der Waals surface area contributed by atoms with Gasteiger partial charge in [-0.3, -0.25) is 4.79 Å². The van der Waals surface area contributed by atoms with Gasteiger partial charge in [-0.25, -0.2) is 4.79 Å². The molecule has 0 saturated carbocycles. The highest BCUT2D eigenvalue weighted by Gasteiger charge is 2.21. The van der Waals surface area contributed by atoms with Gasteiger partial charge in [0.05, 0.1) is 0 Å². The lowest BCUT2D eigenvalue weighted by molar-refractivity contribution is 0.0244. The maximum atomic E-state index is 12.4. The molecule has 2 aromatic rings. The first kappa shape index (κ1) is 20.5. The zero-order valence-corrected chi connectivity index (χ0v) is 16.7. The lowest BCUT2D eigenvalue weighted by atomic mass is 10.1. The van der Waals surface area contributed by atoms with Crippen LogP contribution in [0.3, 0.4) is 0 Å². The van der Waals surface area contributed by atoms with E-state index in [0.717, 1.165) is 11.1 Å². The Morgan fingerprint density at radius 1 is 1.07 bits per heavy atom. The van der Waals surface area contributed by atoms with Crippen LogP contribution in [0.15, 0.2) is 48.5 Å². The van der Waals surface area contributed by atoms with Crippen LogP contribution in [0.4, 0.5) is 10.5 Å². The van der Waals surface area contributed by atoms with Crippen molar-refractivity contribution in [2.24, 2.45) is 0 Å². The maximum absolute atomic E-state index is 12.4. The number of anilines is 1. The molecule has 0 spiro atoms. The van der Waals surface area contributed by atoms with Gasteiger partial charge >= 0.3 is 6.09 Å². The van der Waals surface area contributed by atoms with Gasteiger partial charge in [-0.2, -0.15) is 0 Å². The van der Waals surface area contributed by atoms with Crippen LogP contribution in [0.1, 0.15) is 49.2 Å². The lowest BCUT2D eigenvalue weighted by Gasteiger charge is -2.27. The Morgan fingerprint density at radius 3 is 2.33 bits per heavy atom. The number of hydrogen-bond donors (Lipinski definition) is 1. The summed E-state index contributed by atoms with van der Waals surface area (Å²) in [5.41, 5.74) is 2.78. The van der Waals surface area contributed by atoms with Gasteiger partial charge in [0.1, 0.15) is 5.60 Å². The van der Waals surface area contributed by atoms with Crippen LogP contribution in [0.5, 0.6) is 0 Å². The smallest absolute Gasteiger partial charge is 0.410 e. The molecular weight excluding hydrogens is 340 g/mol. The molecule has 0 fully saturated rings. The SMILES string of the molecule is CCN(Cc1cc(NC(=O)c2ccccc2)ccc1C)C(=O)OC(C)(C)C. The Bertz CT molecular complexity index is 795. The second kappa shape index (κ2) is 8.71. The molecule has 0 aliphatic rings. The van der Waals surface area contributed by atoms with Gasteiger partial charge in [-0.15, -0.1) is 0 Å². The van der Waals surface area contributed by atoms with Crippen molar-refractivity contribution in [3.8, 4) is 0 Å². The molecule has 2 amide bonds. The highest BCUT2D eigenvalue weighted by molar-refractivity contribution is 6.04. The van der Waals surface area contributed by atoms with E-state index in [9.17, 15) is 9.59 Å². The second-order valence-corrected chi connectivity index (χ2v) is 7.46. The highest BCUT2D eigenvalue weighted by atomic mass is 16.6. The monoisotopic (exact) mass is 368 g/mol. The highest BCUT2D eigenvalue weighted by Crippen LogP contribution is 2.19. The van der Waals surface area contributed by atoms with E-state index in [1.54, 1.807) is 17.0 Å². The molecular formula is C22H28N2O3. The number of benzene rings is 2. The van der Waals surface area contributed by atoms with E-state index in [0.29, 0.717) is 24.3 Å². The molecule has 0 aromatic heterocycles. The van der Waals surface area contributed by atoms with Gasteiger partial charge in [0.25, 0.3) is 5.91 Å². The number of ether oxygens (including phenoxy) is 1.